The van der Waals surface area contributed by atoms with E-state index in [1.54, 1.807) is 45.6 Å². The van der Waals surface area contributed by atoms with Crippen molar-refractivity contribution in [1.82, 2.24) is 5.32 Å². The highest BCUT2D eigenvalue weighted by Gasteiger charge is 2.16. The maximum Gasteiger partial charge on any atom is 0.251 e. The SMILES string of the molecule is COc1cc(CNC(=O)c2ccc(OCC3CCCO3)cc2)cc(OC)c1OC. The van der Waals surface area contributed by atoms with Crippen molar-refractivity contribution in [3.8, 4) is 23.0 Å². The molecular formula is C22H27NO6. The second-order valence-electron chi connectivity index (χ2n) is 6.69. The van der Waals surface area contributed by atoms with Crippen LogP contribution in [0.25, 0.3) is 0 Å². The molecule has 29 heavy (non-hydrogen) atoms. The Morgan fingerprint density at radius 2 is 1.76 bits per heavy atom. The van der Waals surface area contributed by atoms with Crippen molar-refractivity contribution >= 4 is 5.91 Å². The molecule has 1 aliphatic rings. The minimum Gasteiger partial charge on any atom is -0.493 e. The molecule has 0 aromatic heterocycles. The molecule has 0 spiro atoms. The molecule has 1 atom stereocenters. The van der Waals surface area contributed by atoms with E-state index in [4.69, 9.17) is 23.7 Å². The summed E-state index contributed by atoms with van der Waals surface area (Å²) in [6.45, 7) is 1.67. The van der Waals surface area contributed by atoms with E-state index >= 15 is 0 Å². The quantitative estimate of drug-likeness (QED) is 0.696. The first kappa shape index (κ1) is 20.8. The summed E-state index contributed by atoms with van der Waals surface area (Å²) in [4.78, 5) is 12.5. The van der Waals surface area contributed by atoms with Gasteiger partial charge in [0.2, 0.25) is 5.75 Å². The summed E-state index contributed by atoms with van der Waals surface area (Å²) in [6.07, 6.45) is 2.27. The Kier molecular flexibility index (Phi) is 7.19. The van der Waals surface area contributed by atoms with E-state index in [1.165, 1.54) is 0 Å². The highest BCUT2D eigenvalue weighted by molar-refractivity contribution is 5.94. The van der Waals surface area contributed by atoms with Crippen molar-refractivity contribution in [2.75, 3.05) is 34.5 Å². The van der Waals surface area contributed by atoms with Gasteiger partial charge in [-0.2, -0.15) is 0 Å². The van der Waals surface area contributed by atoms with Crippen molar-refractivity contribution in [3.63, 3.8) is 0 Å². The van der Waals surface area contributed by atoms with Gasteiger partial charge < -0.3 is 29.0 Å². The van der Waals surface area contributed by atoms with Crippen molar-refractivity contribution in [3.05, 3.63) is 47.5 Å². The van der Waals surface area contributed by atoms with Gasteiger partial charge in [-0.25, -0.2) is 0 Å². The average Bonchev–Trinajstić information content (AvgIpc) is 3.29. The second kappa shape index (κ2) is 10.0. The number of carbonyl (C=O) groups excluding carboxylic acids is 1. The van der Waals surface area contributed by atoms with Crippen LogP contribution in [0, 0.1) is 0 Å². The van der Waals surface area contributed by atoms with Crippen LogP contribution in [0.1, 0.15) is 28.8 Å². The van der Waals surface area contributed by atoms with Crippen LogP contribution in [-0.2, 0) is 11.3 Å². The molecule has 1 N–H and O–H groups in total. The molecule has 1 unspecified atom stereocenters. The molecule has 1 heterocycles. The number of ether oxygens (including phenoxy) is 5. The largest absolute Gasteiger partial charge is 0.493 e. The van der Waals surface area contributed by atoms with E-state index < -0.39 is 0 Å². The summed E-state index contributed by atoms with van der Waals surface area (Å²) in [7, 11) is 4.67. The molecular weight excluding hydrogens is 374 g/mol. The van der Waals surface area contributed by atoms with Gasteiger partial charge in [0.15, 0.2) is 11.5 Å². The normalized spacial score (nSPS) is 15.6. The maximum atomic E-state index is 12.5. The summed E-state index contributed by atoms with van der Waals surface area (Å²) in [5.74, 6) is 2.16. The van der Waals surface area contributed by atoms with E-state index in [0.29, 0.717) is 36.0 Å². The first-order chi connectivity index (χ1) is 14.1. The van der Waals surface area contributed by atoms with Gasteiger partial charge in [-0.05, 0) is 54.8 Å². The monoisotopic (exact) mass is 401 g/mol. The predicted octanol–water partition coefficient (Wildman–Crippen LogP) is 3.20. The Labute approximate surface area is 170 Å². The lowest BCUT2D eigenvalue weighted by Crippen LogP contribution is -2.22. The zero-order valence-corrected chi connectivity index (χ0v) is 17.0. The highest BCUT2D eigenvalue weighted by Crippen LogP contribution is 2.38. The number of carbonyl (C=O) groups is 1. The molecule has 2 aromatic rings. The maximum absolute atomic E-state index is 12.5. The molecule has 1 fully saturated rings. The standard InChI is InChI=1S/C22H27NO6/c1-25-19-11-15(12-20(26-2)21(19)27-3)13-23-22(24)16-6-8-17(9-7-16)29-14-18-5-4-10-28-18/h6-9,11-12,18H,4-5,10,13-14H2,1-3H3,(H,23,24). The Morgan fingerprint density at radius 3 is 2.31 bits per heavy atom. The number of benzene rings is 2. The van der Waals surface area contributed by atoms with Crippen LogP contribution in [0.3, 0.4) is 0 Å². The minimum atomic E-state index is -0.176. The fraction of sp³-hybridized carbons (Fsp3) is 0.409. The number of nitrogens with one attached hydrogen (secondary N) is 1. The summed E-state index contributed by atoms with van der Waals surface area (Å²) < 4.78 is 27.3. The Hall–Kier alpha value is -2.93. The highest BCUT2D eigenvalue weighted by atomic mass is 16.5. The number of methoxy groups -OCH3 is 3. The van der Waals surface area contributed by atoms with Crippen LogP contribution in [0.2, 0.25) is 0 Å². The van der Waals surface area contributed by atoms with Crippen LogP contribution in [-0.4, -0.2) is 46.6 Å². The number of hydrogen-bond donors (Lipinski definition) is 1. The van der Waals surface area contributed by atoms with Gasteiger partial charge in [-0.1, -0.05) is 0 Å². The zero-order chi connectivity index (χ0) is 20.6. The lowest BCUT2D eigenvalue weighted by atomic mass is 10.1. The third-order valence-electron chi connectivity index (χ3n) is 4.75. The molecule has 2 aromatic carbocycles. The van der Waals surface area contributed by atoms with Gasteiger partial charge in [0.05, 0.1) is 27.4 Å². The Balaban J connectivity index is 1.57. The number of hydrogen-bond acceptors (Lipinski definition) is 6. The molecule has 1 saturated heterocycles. The van der Waals surface area contributed by atoms with Gasteiger partial charge in [0.1, 0.15) is 12.4 Å². The second-order valence-corrected chi connectivity index (χ2v) is 6.69. The van der Waals surface area contributed by atoms with Crippen molar-refractivity contribution in [2.24, 2.45) is 0 Å². The molecule has 156 valence electrons. The fourth-order valence-electron chi connectivity index (χ4n) is 3.19. The van der Waals surface area contributed by atoms with Gasteiger partial charge in [0.25, 0.3) is 5.91 Å². The molecule has 7 nitrogen and oxygen atoms in total. The van der Waals surface area contributed by atoms with Gasteiger partial charge in [-0.15, -0.1) is 0 Å². The summed E-state index contributed by atoms with van der Waals surface area (Å²) in [6, 6.07) is 10.7. The lowest BCUT2D eigenvalue weighted by Gasteiger charge is -2.14. The topological polar surface area (TPSA) is 75.3 Å². The predicted molar refractivity (Wildman–Crippen MR) is 108 cm³/mol. The summed E-state index contributed by atoms with van der Waals surface area (Å²) in [5.41, 5.74) is 1.39. The molecule has 3 rings (SSSR count). The first-order valence-corrected chi connectivity index (χ1v) is 9.56. The van der Waals surface area contributed by atoms with Crippen LogP contribution < -0.4 is 24.3 Å². The third-order valence-corrected chi connectivity index (χ3v) is 4.75. The Morgan fingerprint density at radius 1 is 1.07 bits per heavy atom. The summed E-state index contributed by atoms with van der Waals surface area (Å²) >= 11 is 0. The molecule has 0 saturated carbocycles. The van der Waals surface area contributed by atoms with Crippen LogP contribution >= 0.6 is 0 Å². The van der Waals surface area contributed by atoms with Gasteiger partial charge in [0, 0.05) is 18.7 Å². The lowest BCUT2D eigenvalue weighted by molar-refractivity contribution is 0.0679. The van der Waals surface area contributed by atoms with Gasteiger partial charge >= 0.3 is 0 Å². The van der Waals surface area contributed by atoms with Crippen molar-refractivity contribution < 1.29 is 28.5 Å². The van der Waals surface area contributed by atoms with Gasteiger partial charge in [-0.3, -0.25) is 4.79 Å². The van der Waals surface area contributed by atoms with Crippen LogP contribution in [0.4, 0.5) is 0 Å². The fourth-order valence-corrected chi connectivity index (χ4v) is 3.19. The van der Waals surface area contributed by atoms with E-state index in [0.717, 1.165) is 30.8 Å². The molecule has 7 heteroatoms. The molecule has 0 aliphatic carbocycles. The van der Waals surface area contributed by atoms with Crippen molar-refractivity contribution in [2.45, 2.75) is 25.5 Å². The van der Waals surface area contributed by atoms with E-state index in [-0.39, 0.29) is 12.0 Å². The molecule has 0 bridgehead atoms. The minimum absolute atomic E-state index is 0.163. The summed E-state index contributed by atoms with van der Waals surface area (Å²) in [5, 5.41) is 2.90. The number of amides is 1. The van der Waals surface area contributed by atoms with E-state index in [1.807, 2.05) is 12.1 Å². The average molecular weight is 401 g/mol. The molecule has 1 amide bonds. The first-order valence-electron chi connectivity index (χ1n) is 9.56. The number of rotatable bonds is 9. The molecule has 1 aliphatic heterocycles. The Bertz CT molecular complexity index is 790. The van der Waals surface area contributed by atoms with Crippen LogP contribution in [0.5, 0.6) is 23.0 Å². The van der Waals surface area contributed by atoms with Crippen LogP contribution in [0.15, 0.2) is 36.4 Å². The van der Waals surface area contributed by atoms with E-state index in [2.05, 4.69) is 5.32 Å². The molecule has 0 radical (unpaired) electrons. The van der Waals surface area contributed by atoms with E-state index in [9.17, 15) is 4.79 Å². The third kappa shape index (κ3) is 5.32. The van der Waals surface area contributed by atoms with Crippen molar-refractivity contribution in [1.29, 1.82) is 0 Å². The smallest absolute Gasteiger partial charge is 0.251 e. The zero-order valence-electron chi connectivity index (χ0n) is 17.0.